The minimum atomic E-state index is -3.01. The molecular formula is C20H30FN3O3S. The zero-order chi connectivity index (χ0) is 20.4. The van der Waals surface area contributed by atoms with Crippen molar-refractivity contribution in [3.8, 4) is 5.75 Å². The third kappa shape index (κ3) is 6.09. The van der Waals surface area contributed by atoms with Gasteiger partial charge < -0.3 is 15.4 Å². The predicted molar refractivity (Wildman–Crippen MR) is 109 cm³/mol. The molecule has 1 aromatic carbocycles. The Hall–Kier alpha value is -1.83. The summed E-state index contributed by atoms with van der Waals surface area (Å²) in [6, 6.07) is 4.84. The Morgan fingerprint density at radius 3 is 2.64 bits per heavy atom. The van der Waals surface area contributed by atoms with Crippen molar-refractivity contribution in [1.82, 2.24) is 10.6 Å². The highest BCUT2D eigenvalue weighted by atomic mass is 32.2. The molecule has 2 aliphatic rings. The molecule has 3 rings (SSSR count). The van der Waals surface area contributed by atoms with Gasteiger partial charge in [0.2, 0.25) is 0 Å². The Morgan fingerprint density at radius 2 is 2.11 bits per heavy atom. The maximum absolute atomic E-state index is 14.3. The lowest BCUT2D eigenvalue weighted by molar-refractivity contribution is 0.285. The van der Waals surface area contributed by atoms with Gasteiger partial charge in [0.25, 0.3) is 0 Å². The molecule has 2 fully saturated rings. The van der Waals surface area contributed by atoms with Gasteiger partial charge in [-0.3, -0.25) is 4.99 Å². The summed E-state index contributed by atoms with van der Waals surface area (Å²) in [5, 5.41) is 6.45. The molecule has 1 unspecified atom stereocenters. The van der Waals surface area contributed by atoms with Crippen LogP contribution in [0, 0.1) is 17.2 Å². The summed E-state index contributed by atoms with van der Waals surface area (Å²) in [6.07, 6.45) is 5.39. The fourth-order valence-electron chi connectivity index (χ4n) is 3.26. The van der Waals surface area contributed by atoms with E-state index in [2.05, 4.69) is 15.6 Å². The summed E-state index contributed by atoms with van der Waals surface area (Å²) in [6.45, 7) is 3.06. The van der Waals surface area contributed by atoms with Crippen molar-refractivity contribution in [2.75, 3.05) is 32.2 Å². The second kappa shape index (κ2) is 8.27. The van der Waals surface area contributed by atoms with Crippen molar-refractivity contribution in [1.29, 1.82) is 0 Å². The molecule has 0 aliphatic heterocycles. The first-order chi connectivity index (χ1) is 13.2. The molecule has 0 spiro atoms. The third-order valence-electron chi connectivity index (χ3n) is 5.36. The van der Waals surface area contributed by atoms with Gasteiger partial charge >= 0.3 is 0 Å². The van der Waals surface area contributed by atoms with Crippen LogP contribution in [0.25, 0.3) is 0 Å². The lowest BCUT2D eigenvalue weighted by atomic mass is 10.1. The SMILES string of the molecule is CN=C(NCC1(CS(C)(=O)=O)CC1)NC(C)c1ccc(OCC2CC2)c(F)c1. The Bertz CT molecular complexity index is 833. The normalized spacial score (nSPS) is 19.8. The number of hydrogen-bond donors (Lipinski definition) is 2. The largest absolute Gasteiger partial charge is 0.490 e. The van der Waals surface area contributed by atoms with Crippen LogP contribution in [0.1, 0.15) is 44.2 Å². The highest BCUT2D eigenvalue weighted by molar-refractivity contribution is 7.90. The van der Waals surface area contributed by atoms with Gasteiger partial charge in [-0.1, -0.05) is 6.07 Å². The van der Waals surface area contributed by atoms with Crippen LogP contribution in [0.5, 0.6) is 5.75 Å². The van der Waals surface area contributed by atoms with Crippen molar-refractivity contribution in [3.05, 3.63) is 29.6 Å². The van der Waals surface area contributed by atoms with E-state index in [0.29, 0.717) is 30.8 Å². The van der Waals surface area contributed by atoms with E-state index in [9.17, 15) is 12.8 Å². The van der Waals surface area contributed by atoms with E-state index in [1.165, 1.54) is 12.3 Å². The van der Waals surface area contributed by atoms with Gasteiger partial charge in [0.05, 0.1) is 18.4 Å². The number of hydrogen-bond acceptors (Lipinski definition) is 4. The van der Waals surface area contributed by atoms with Gasteiger partial charge in [0.1, 0.15) is 9.84 Å². The molecular weight excluding hydrogens is 381 g/mol. The smallest absolute Gasteiger partial charge is 0.191 e. The molecule has 8 heteroatoms. The van der Waals surface area contributed by atoms with Gasteiger partial charge in [-0.25, -0.2) is 12.8 Å². The second-order valence-electron chi connectivity index (χ2n) is 8.31. The molecule has 0 aromatic heterocycles. The average molecular weight is 412 g/mol. The highest BCUT2D eigenvalue weighted by Crippen LogP contribution is 2.46. The zero-order valence-electron chi connectivity index (χ0n) is 16.8. The number of nitrogens with one attached hydrogen (secondary N) is 2. The maximum Gasteiger partial charge on any atom is 0.191 e. The van der Waals surface area contributed by atoms with Gasteiger partial charge in [-0.05, 0) is 56.2 Å². The van der Waals surface area contributed by atoms with E-state index >= 15 is 0 Å². The van der Waals surface area contributed by atoms with Crippen LogP contribution in [0.15, 0.2) is 23.2 Å². The van der Waals surface area contributed by atoms with Crippen molar-refractivity contribution in [2.45, 2.75) is 38.6 Å². The van der Waals surface area contributed by atoms with E-state index in [-0.39, 0.29) is 23.0 Å². The average Bonchev–Trinajstić information content (AvgIpc) is 3.53. The number of aliphatic imine (C=N–C) groups is 1. The number of nitrogens with zero attached hydrogens (tertiary/aromatic N) is 1. The van der Waals surface area contributed by atoms with Crippen LogP contribution in [0.2, 0.25) is 0 Å². The summed E-state index contributed by atoms with van der Waals surface area (Å²) in [4.78, 5) is 4.20. The summed E-state index contributed by atoms with van der Waals surface area (Å²) in [5.41, 5.74) is 0.595. The summed E-state index contributed by atoms with van der Waals surface area (Å²) in [5.74, 6) is 1.27. The first kappa shape index (κ1) is 20.9. The lowest BCUT2D eigenvalue weighted by Crippen LogP contribution is -2.42. The predicted octanol–water partition coefficient (Wildman–Crippen LogP) is 2.67. The van der Waals surface area contributed by atoms with Gasteiger partial charge in [0.15, 0.2) is 17.5 Å². The zero-order valence-corrected chi connectivity index (χ0v) is 17.6. The first-order valence-electron chi connectivity index (χ1n) is 9.77. The summed E-state index contributed by atoms with van der Waals surface area (Å²) < 4.78 is 43.0. The Balaban J connectivity index is 1.53. The molecule has 0 heterocycles. The van der Waals surface area contributed by atoms with Crippen molar-refractivity contribution in [2.24, 2.45) is 16.3 Å². The van der Waals surface area contributed by atoms with Crippen LogP contribution >= 0.6 is 0 Å². The summed E-state index contributed by atoms with van der Waals surface area (Å²) >= 11 is 0. The topological polar surface area (TPSA) is 79.8 Å². The Labute approximate surface area is 166 Å². The number of sulfone groups is 1. The maximum atomic E-state index is 14.3. The van der Waals surface area contributed by atoms with Crippen LogP contribution < -0.4 is 15.4 Å². The van der Waals surface area contributed by atoms with E-state index in [0.717, 1.165) is 31.2 Å². The monoisotopic (exact) mass is 411 g/mol. The molecule has 2 N–H and O–H groups in total. The number of halogens is 1. The van der Waals surface area contributed by atoms with Crippen LogP contribution in [0.3, 0.4) is 0 Å². The van der Waals surface area contributed by atoms with Gasteiger partial charge in [0, 0.05) is 25.3 Å². The molecule has 0 bridgehead atoms. The molecule has 2 saturated carbocycles. The van der Waals surface area contributed by atoms with E-state index in [1.807, 2.05) is 13.0 Å². The van der Waals surface area contributed by atoms with Crippen LogP contribution in [-0.4, -0.2) is 46.6 Å². The number of ether oxygens (including phenoxy) is 1. The molecule has 28 heavy (non-hydrogen) atoms. The first-order valence-corrected chi connectivity index (χ1v) is 11.8. The molecule has 0 radical (unpaired) electrons. The molecule has 0 amide bonds. The molecule has 1 atom stereocenters. The lowest BCUT2D eigenvalue weighted by Gasteiger charge is -2.21. The fourth-order valence-corrected chi connectivity index (χ4v) is 4.76. The number of guanidine groups is 1. The van der Waals surface area contributed by atoms with E-state index in [4.69, 9.17) is 4.74 Å². The van der Waals surface area contributed by atoms with Crippen molar-refractivity contribution < 1.29 is 17.5 Å². The Morgan fingerprint density at radius 1 is 1.39 bits per heavy atom. The van der Waals surface area contributed by atoms with Gasteiger partial charge in [-0.2, -0.15) is 0 Å². The number of rotatable bonds is 9. The summed E-state index contributed by atoms with van der Waals surface area (Å²) in [7, 11) is -1.35. The minimum Gasteiger partial charge on any atom is -0.490 e. The van der Waals surface area contributed by atoms with Crippen molar-refractivity contribution in [3.63, 3.8) is 0 Å². The molecule has 1 aromatic rings. The van der Waals surface area contributed by atoms with E-state index < -0.39 is 9.84 Å². The Kier molecular flexibility index (Phi) is 6.17. The standard InChI is InChI=1S/C20H30FN3O3S/c1-14(16-6-7-18(17(21)10-16)27-11-15-4-5-15)24-19(22-2)23-12-20(8-9-20)13-28(3,25)26/h6-7,10,14-15H,4-5,8-9,11-13H2,1-3H3,(H2,22,23,24). The van der Waals surface area contributed by atoms with Crippen LogP contribution in [-0.2, 0) is 9.84 Å². The quantitative estimate of drug-likeness (QED) is 0.482. The third-order valence-corrected chi connectivity index (χ3v) is 6.50. The van der Waals surface area contributed by atoms with Gasteiger partial charge in [-0.15, -0.1) is 0 Å². The van der Waals surface area contributed by atoms with E-state index in [1.54, 1.807) is 13.1 Å². The second-order valence-corrected chi connectivity index (χ2v) is 10.4. The van der Waals surface area contributed by atoms with Crippen molar-refractivity contribution >= 4 is 15.8 Å². The molecule has 156 valence electrons. The number of benzene rings is 1. The fraction of sp³-hybridized carbons (Fsp3) is 0.650. The molecule has 0 saturated heterocycles. The highest BCUT2D eigenvalue weighted by Gasteiger charge is 2.45. The minimum absolute atomic E-state index is 0.164. The van der Waals surface area contributed by atoms with Crippen LogP contribution in [0.4, 0.5) is 4.39 Å². The molecule has 2 aliphatic carbocycles. The molecule has 6 nitrogen and oxygen atoms in total.